The van der Waals surface area contributed by atoms with Crippen LogP contribution in [-0.2, 0) is 4.74 Å². The van der Waals surface area contributed by atoms with Crippen LogP contribution in [0.1, 0.15) is 19.8 Å². The van der Waals surface area contributed by atoms with E-state index in [1.54, 1.807) is 6.19 Å². The van der Waals surface area contributed by atoms with Crippen molar-refractivity contribution < 1.29 is 4.74 Å². The lowest BCUT2D eigenvalue weighted by Crippen LogP contribution is -2.39. The van der Waals surface area contributed by atoms with Gasteiger partial charge in [0.1, 0.15) is 0 Å². The van der Waals surface area contributed by atoms with Crippen LogP contribution in [0, 0.1) is 11.5 Å². The molecule has 0 heterocycles. The Labute approximate surface area is 96.9 Å². The highest BCUT2D eigenvalue weighted by Gasteiger charge is 1.96. The minimum absolute atomic E-state index is 0.507. The van der Waals surface area contributed by atoms with Crippen LogP contribution in [0.15, 0.2) is 4.99 Å². The van der Waals surface area contributed by atoms with Gasteiger partial charge < -0.3 is 21.1 Å². The van der Waals surface area contributed by atoms with Crippen molar-refractivity contribution in [3.63, 3.8) is 0 Å². The van der Waals surface area contributed by atoms with Crippen molar-refractivity contribution in [2.45, 2.75) is 19.8 Å². The van der Waals surface area contributed by atoms with E-state index in [0.29, 0.717) is 32.3 Å². The molecule has 0 aliphatic heterocycles. The second-order valence-corrected chi connectivity index (χ2v) is 3.17. The Hall–Kier alpha value is -1.32. The molecule has 0 aromatic carbocycles. The van der Waals surface area contributed by atoms with Crippen molar-refractivity contribution in [2.75, 3.05) is 32.8 Å². The third-order valence-corrected chi connectivity index (χ3v) is 1.79. The maximum absolute atomic E-state index is 8.47. The highest BCUT2D eigenvalue weighted by atomic mass is 16.5. The molecule has 0 aliphatic carbocycles. The first-order valence-electron chi connectivity index (χ1n) is 5.57. The van der Waals surface area contributed by atoms with Gasteiger partial charge in [0.2, 0.25) is 12.2 Å². The standard InChI is InChI=1S/C10H21N5O/c1-2-3-5-13-10(15-9-12)14-6-8-16-7-4-11/h2-8,11H2,1H3,(H2,13,14,15). The van der Waals surface area contributed by atoms with E-state index in [-0.39, 0.29) is 0 Å². The minimum Gasteiger partial charge on any atom is -0.378 e. The van der Waals surface area contributed by atoms with Crippen molar-refractivity contribution in [2.24, 2.45) is 10.7 Å². The van der Waals surface area contributed by atoms with E-state index in [9.17, 15) is 0 Å². The van der Waals surface area contributed by atoms with Gasteiger partial charge in [0.15, 0.2) is 0 Å². The Balaban J connectivity index is 3.62. The molecule has 0 saturated carbocycles. The zero-order valence-corrected chi connectivity index (χ0v) is 9.83. The molecule has 4 N–H and O–H groups in total. The molecule has 0 aromatic rings. The molecule has 0 radical (unpaired) electrons. The molecule has 0 unspecified atom stereocenters. The molecule has 0 amide bonds. The number of hydrogen-bond donors (Lipinski definition) is 3. The Morgan fingerprint density at radius 3 is 2.75 bits per heavy atom. The molecule has 0 bridgehead atoms. The predicted molar refractivity (Wildman–Crippen MR) is 63.8 cm³/mol. The van der Waals surface area contributed by atoms with Crippen LogP contribution in [0.5, 0.6) is 0 Å². The summed E-state index contributed by atoms with van der Waals surface area (Å²) in [4.78, 5) is 3.63. The van der Waals surface area contributed by atoms with Crippen molar-refractivity contribution >= 4 is 5.96 Å². The number of nitriles is 1. The molecular formula is C10H21N5O. The predicted octanol–water partition coefficient (Wildman–Crippen LogP) is -0.222. The molecule has 6 nitrogen and oxygen atoms in total. The Morgan fingerprint density at radius 2 is 2.12 bits per heavy atom. The van der Waals surface area contributed by atoms with Gasteiger partial charge in [-0.2, -0.15) is 5.26 Å². The summed E-state index contributed by atoms with van der Waals surface area (Å²) in [6, 6.07) is 0. The summed E-state index contributed by atoms with van der Waals surface area (Å²) in [5.41, 5.74) is 5.27. The molecule has 16 heavy (non-hydrogen) atoms. The fraction of sp³-hybridized carbons (Fsp3) is 0.800. The van der Waals surface area contributed by atoms with Crippen LogP contribution >= 0.6 is 0 Å². The second kappa shape index (κ2) is 11.8. The quantitative estimate of drug-likeness (QED) is 0.230. The smallest absolute Gasteiger partial charge is 0.209 e. The molecule has 0 saturated heterocycles. The zero-order valence-electron chi connectivity index (χ0n) is 9.83. The minimum atomic E-state index is 0.507. The van der Waals surface area contributed by atoms with Crippen LogP contribution < -0.4 is 16.4 Å². The molecule has 0 aromatic heterocycles. The van der Waals surface area contributed by atoms with Crippen molar-refractivity contribution in [1.29, 1.82) is 5.26 Å². The van der Waals surface area contributed by atoms with Gasteiger partial charge in [-0.05, 0) is 6.42 Å². The Kier molecular flexibility index (Phi) is 10.8. The van der Waals surface area contributed by atoms with E-state index in [4.69, 9.17) is 15.7 Å². The van der Waals surface area contributed by atoms with Gasteiger partial charge in [-0.1, -0.05) is 13.3 Å². The van der Waals surface area contributed by atoms with Gasteiger partial charge in [-0.25, -0.2) is 0 Å². The van der Waals surface area contributed by atoms with E-state index >= 15 is 0 Å². The number of nitrogens with one attached hydrogen (secondary N) is 2. The summed E-state index contributed by atoms with van der Waals surface area (Å²) in [5.74, 6) is 0.507. The lowest BCUT2D eigenvalue weighted by molar-refractivity contribution is 0.146. The van der Waals surface area contributed by atoms with Crippen molar-refractivity contribution in [1.82, 2.24) is 10.6 Å². The number of ether oxygens (including phenoxy) is 1. The third-order valence-electron chi connectivity index (χ3n) is 1.79. The fourth-order valence-corrected chi connectivity index (χ4v) is 1.00. The summed E-state index contributed by atoms with van der Waals surface area (Å²) >= 11 is 0. The van der Waals surface area contributed by atoms with E-state index in [2.05, 4.69) is 22.5 Å². The van der Waals surface area contributed by atoms with Gasteiger partial charge in [0.05, 0.1) is 13.2 Å². The molecule has 0 fully saturated rings. The number of unbranched alkanes of at least 4 members (excludes halogenated alkanes) is 1. The average molecular weight is 227 g/mol. The van der Waals surface area contributed by atoms with Gasteiger partial charge in [-0.3, -0.25) is 0 Å². The van der Waals surface area contributed by atoms with Crippen LogP contribution in [0.3, 0.4) is 0 Å². The lowest BCUT2D eigenvalue weighted by Gasteiger charge is -2.10. The molecule has 0 rings (SSSR count). The molecular weight excluding hydrogens is 206 g/mol. The summed E-state index contributed by atoms with van der Waals surface area (Å²) in [5, 5.41) is 14.5. The number of aliphatic imine (C=N–C) groups is 1. The zero-order chi connectivity index (χ0) is 12.1. The average Bonchev–Trinajstić information content (AvgIpc) is 2.29. The summed E-state index contributed by atoms with van der Waals surface area (Å²) in [6.45, 7) is 5.16. The third kappa shape index (κ3) is 9.24. The van der Waals surface area contributed by atoms with Crippen LogP contribution in [0.4, 0.5) is 0 Å². The first-order chi connectivity index (χ1) is 7.85. The Morgan fingerprint density at radius 1 is 1.38 bits per heavy atom. The first kappa shape index (κ1) is 14.7. The van der Waals surface area contributed by atoms with Gasteiger partial charge in [-0.15, -0.1) is 4.99 Å². The van der Waals surface area contributed by atoms with Gasteiger partial charge in [0.25, 0.3) is 0 Å². The van der Waals surface area contributed by atoms with Gasteiger partial charge >= 0.3 is 0 Å². The first-order valence-corrected chi connectivity index (χ1v) is 5.57. The molecule has 0 atom stereocenters. The number of nitrogens with zero attached hydrogens (tertiary/aromatic N) is 2. The van der Waals surface area contributed by atoms with Crippen LogP contribution in [-0.4, -0.2) is 38.8 Å². The highest BCUT2D eigenvalue weighted by molar-refractivity contribution is 5.80. The van der Waals surface area contributed by atoms with Crippen LogP contribution in [0.25, 0.3) is 0 Å². The largest absolute Gasteiger partial charge is 0.378 e. The molecule has 0 aliphatic rings. The van der Waals surface area contributed by atoms with E-state index in [1.165, 1.54) is 0 Å². The SMILES string of the molecule is CCCCN/C(=N/C#N)NCCOCCN. The normalized spacial score (nSPS) is 10.9. The van der Waals surface area contributed by atoms with E-state index < -0.39 is 0 Å². The Bertz CT molecular complexity index is 224. The summed E-state index contributed by atoms with van der Waals surface area (Å²) < 4.78 is 5.18. The second-order valence-electron chi connectivity index (χ2n) is 3.17. The maximum atomic E-state index is 8.47. The number of hydrogen-bond acceptors (Lipinski definition) is 4. The number of nitrogens with two attached hydrogens (primary N) is 1. The monoisotopic (exact) mass is 227 g/mol. The van der Waals surface area contributed by atoms with Crippen LogP contribution in [0.2, 0.25) is 0 Å². The molecule has 6 heteroatoms. The highest BCUT2D eigenvalue weighted by Crippen LogP contribution is 1.82. The number of rotatable bonds is 8. The summed E-state index contributed by atoms with van der Waals surface area (Å²) in [7, 11) is 0. The topological polar surface area (TPSA) is 95.5 Å². The van der Waals surface area contributed by atoms with Crippen molar-refractivity contribution in [3.8, 4) is 6.19 Å². The van der Waals surface area contributed by atoms with E-state index in [1.807, 2.05) is 0 Å². The van der Waals surface area contributed by atoms with Crippen molar-refractivity contribution in [3.05, 3.63) is 0 Å². The van der Waals surface area contributed by atoms with E-state index in [0.717, 1.165) is 19.4 Å². The molecule has 0 spiro atoms. The summed E-state index contributed by atoms with van der Waals surface area (Å²) in [6.07, 6.45) is 3.90. The number of guanidine groups is 1. The molecule has 92 valence electrons. The lowest BCUT2D eigenvalue weighted by atomic mass is 10.3. The van der Waals surface area contributed by atoms with Gasteiger partial charge in [0, 0.05) is 19.6 Å². The maximum Gasteiger partial charge on any atom is 0.209 e. The fourth-order valence-electron chi connectivity index (χ4n) is 1.00.